The van der Waals surface area contributed by atoms with Gasteiger partial charge in [-0.05, 0) is 42.2 Å². The number of halogens is 2. The first-order valence-corrected chi connectivity index (χ1v) is 7.66. The molecule has 0 bridgehead atoms. The number of alkyl halides is 1. The second-order valence-corrected chi connectivity index (χ2v) is 4.80. The molecule has 5 heteroatoms. The van der Waals surface area contributed by atoms with Gasteiger partial charge in [0.25, 0.3) is 0 Å². The molecule has 0 saturated carbocycles. The van der Waals surface area contributed by atoms with Gasteiger partial charge in [-0.25, -0.2) is 0 Å². The Morgan fingerprint density at radius 1 is 1.25 bits per heavy atom. The van der Waals surface area contributed by atoms with Gasteiger partial charge in [-0.3, -0.25) is 0 Å². The van der Waals surface area contributed by atoms with E-state index in [1.165, 1.54) is 0 Å². The number of hydrogen-bond donors (Lipinski definition) is 1. The molecule has 3 radical (unpaired) electrons. The molecule has 0 atom stereocenters. The third-order valence-electron chi connectivity index (χ3n) is 1.57. The molecule has 1 aromatic carbocycles. The van der Waals surface area contributed by atoms with Crippen LogP contribution in [0.2, 0.25) is 5.02 Å². The molecule has 16 heavy (non-hydrogen) atoms. The number of rotatable bonds is 3. The zero-order chi connectivity index (χ0) is 11.7. The largest absolute Gasteiger partial charge is 0.396 e. The van der Waals surface area contributed by atoms with Crippen molar-refractivity contribution in [3.8, 4) is 0 Å². The fraction of sp³-hybridized carbons (Fsp3) is 0.455. The highest BCUT2D eigenvalue weighted by atomic mass is 79.9. The zero-order valence-electron chi connectivity index (χ0n) is 9.54. The summed E-state index contributed by atoms with van der Waals surface area (Å²) in [5.41, 5.74) is 2.23. The summed E-state index contributed by atoms with van der Waals surface area (Å²) in [5, 5.41) is 10.2. The molecule has 1 N–H and O–H groups in total. The van der Waals surface area contributed by atoms with E-state index in [0.29, 0.717) is 6.42 Å². The minimum Gasteiger partial charge on any atom is -0.396 e. The topological polar surface area (TPSA) is 20.2 Å². The van der Waals surface area contributed by atoms with Crippen LogP contribution in [0.15, 0.2) is 18.2 Å². The van der Waals surface area contributed by atoms with Crippen LogP contribution < -0.4 is 0 Å². The van der Waals surface area contributed by atoms with E-state index in [-0.39, 0.29) is 15.0 Å². The van der Waals surface area contributed by atoms with Crippen molar-refractivity contribution < 1.29 is 5.11 Å². The van der Waals surface area contributed by atoms with E-state index in [0.717, 1.165) is 21.5 Å². The second kappa shape index (κ2) is 11.8. The average molecular weight is 322 g/mol. The molecule has 0 heterocycles. The molecule has 0 fully saturated rings. The SMILES string of the molecule is CSC.OCCc1cc(Cl)cc(CBr)c1.[B]. The van der Waals surface area contributed by atoms with Crippen LogP contribution in [0.3, 0.4) is 0 Å². The highest BCUT2D eigenvalue weighted by Gasteiger charge is 1.97. The monoisotopic (exact) mass is 321 g/mol. The Balaban J connectivity index is 0. The van der Waals surface area contributed by atoms with Crippen LogP contribution in [-0.4, -0.2) is 32.6 Å². The van der Waals surface area contributed by atoms with Crippen molar-refractivity contribution in [3.63, 3.8) is 0 Å². The average Bonchev–Trinajstić information content (AvgIpc) is 2.18. The van der Waals surface area contributed by atoms with Gasteiger partial charge in [-0.15, -0.1) is 0 Å². The first-order valence-electron chi connectivity index (χ1n) is 4.53. The molecule has 1 aromatic rings. The lowest BCUT2D eigenvalue weighted by atomic mass is 10.1. The van der Waals surface area contributed by atoms with Gasteiger partial charge in [-0.1, -0.05) is 33.6 Å². The summed E-state index contributed by atoms with van der Waals surface area (Å²) in [7, 11) is 0. The summed E-state index contributed by atoms with van der Waals surface area (Å²) in [6.07, 6.45) is 4.75. The lowest BCUT2D eigenvalue weighted by Crippen LogP contribution is -1.91. The Bertz CT molecular complexity index is 287. The number of benzene rings is 1. The zero-order valence-corrected chi connectivity index (χ0v) is 12.7. The van der Waals surface area contributed by atoms with E-state index in [1.807, 2.05) is 30.7 Å². The Labute approximate surface area is 118 Å². The van der Waals surface area contributed by atoms with Crippen LogP contribution in [-0.2, 0) is 11.8 Å². The molecular weight excluding hydrogens is 306 g/mol. The Hall–Kier alpha value is 0.365. The number of hydrogen-bond acceptors (Lipinski definition) is 2. The van der Waals surface area contributed by atoms with Crippen LogP contribution in [0.4, 0.5) is 0 Å². The molecule has 0 spiro atoms. The van der Waals surface area contributed by atoms with Crippen molar-refractivity contribution in [2.75, 3.05) is 19.1 Å². The van der Waals surface area contributed by atoms with Gasteiger partial charge in [0.1, 0.15) is 0 Å². The Kier molecular flexibility index (Phi) is 13.9. The molecular formula is C11H16BBrClOS. The Morgan fingerprint density at radius 2 is 1.75 bits per heavy atom. The highest BCUT2D eigenvalue weighted by Crippen LogP contribution is 2.17. The summed E-state index contributed by atoms with van der Waals surface area (Å²) in [6, 6.07) is 5.83. The lowest BCUT2D eigenvalue weighted by Gasteiger charge is -2.02. The number of aliphatic hydroxyl groups is 1. The predicted molar refractivity (Wildman–Crippen MR) is 80.1 cm³/mol. The summed E-state index contributed by atoms with van der Waals surface area (Å²) in [6.45, 7) is 0.169. The van der Waals surface area contributed by atoms with E-state index in [4.69, 9.17) is 16.7 Å². The van der Waals surface area contributed by atoms with Crippen molar-refractivity contribution in [2.45, 2.75) is 11.8 Å². The molecule has 0 aromatic heterocycles. The smallest absolute Gasteiger partial charge is 0.0471 e. The van der Waals surface area contributed by atoms with Gasteiger partial charge in [-0.2, -0.15) is 11.8 Å². The number of thioether (sulfide) groups is 1. The highest BCUT2D eigenvalue weighted by molar-refractivity contribution is 9.08. The van der Waals surface area contributed by atoms with Crippen molar-refractivity contribution in [1.29, 1.82) is 0 Å². The molecule has 0 aliphatic heterocycles. The predicted octanol–water partition coefficient (Wildman–Crippen LogP) is 3.37. The van der Waals surface area contributed by atoms with Crippen molar-refractivity contribution in [1.82, 2.24) is 0 Å². The standard InChI is InChI=1S/C9H10BrClO.C2H6S.B/c10-6-8-3-7(1-2-12)4-9(11)5-8;1-3-2;/h3-5,12H,1-2,6H2;1-2H3;. The summed E-state index contributed by atoms with van der Waals surface area (Å²) in [5.74, 6) is 0. The van der Waals surface area contributed by atoms with E-state index in [1.54, 1.807) is 11.8 Å². The van der Waals surface area contributed by atoms with Gasteiger partial charge in [0.15, 0.2) is 0 Å². The van der Waals surface area contributed by atoms with Gasteiger partial charge in [0, 0.05) is 25.4 Å². The maximum absolute atomic E-state index is 8.72. The minimum absolute atomic E-state index is 0. The summed E-state index contributed by atoms with van der Waals surface area (Å²) in [4.78, 5) is 0. The van der Waals surface area contributed by atoms with Gasteiger partial charge in [0.2, 0.25) is 0 Å². The first kappa shape index (κ1) is 18.7. The molecule has 0 saturated heterocycles. The van der Waals surface area contributed by atoms with E-state index in [2.05, 4.69) is 15.9 Å². The van der Waals surface area contributed by atoms with Gasteiger partial charge < -0.3 is 5.11 Å². The van der Waals surface area contributed by atoms with E-state index < -0.39 is 0 Å². The molecule has 0 aliphatic rings. The third-order valence-corrected chi connectivity index (χ3v) is 2.44. The molecule has 0 amide bonds. The molecule has 1 rings (SSSR count). The van der Waals surface area contributed by atoms with Gasteiger partial charge >= 0.3 is 0 Å². The Morgan fingerprint density at radius 3 is 2.19 bits per heavy atom. The van der Waals surface area contributed by atoms with Crippen LogP contribution in [0.1, 0.15) is 11.1 Å². The second-order valence-electron chi connectivity index (χ2n) is 2.98. The van der Waals surface area contributed by atoms with E-state index in [9.17, 15) is 0 Å². The fourth-order valence-corrected chi connectivity index (χ4v) is 1.67. The van der Waals surface area contributed by atoms with Crippen LogP contribution in [0.25, 0.3) is 0 Å². The fourth-order valence-electron chi connectivity index (χ4n) is 1.07. The summed E-state index contributed by atoms with van der Waals surface area (Å²) >= 11 is 11.0. The molecule has 0 unspecified atom stereocenters. The van der Waals surface area contributed by atoms with Crippen LogP contribution in [0, 0.1) is 0 Å². The lowest BCUT2D eigenvalue weighted by molar-refractivity contribution is 0.299. The quantitative estimate of drug-likeness (QED) is 0.680. The first-order chi connectivity index (χ1) is 7.17. The molecule has 89 valence electrons. The minimum atomic E-state index is 0. The van der Waals surface area contributed by atoms with Crippen molar-refractivity contribution in [2.24, 2.45) is 0 Å². The van der Waals surface area contributed by atoms with Crippen LogP contribution in [0.5, 0.6) is 0 Å². The maximum atomic E-state index is 8.72. The van der Waals surface area contributed by atoms with Crippen LogP contribution >= 0.6 is 39.3 Å². The molecule has 0 aliphatic carbocycles. The number of aliphatic hydroxyl groups excluding tert-OH is 1. The normalized spacial score (nSPS) is 8.81. The van der Waals surface area contributed by atoms with Crippen molar-refractivity contribution >= 4 is 47.7 Å². The van der Waals surface area contributed by atoms with Crippen molar-refractivity contribution in [3.05, 3.63) is 34.3 Å². The van der Waals surface area contributed by atoms with E-state index >= 15 is 0 Å². The third kappa shape index (κ3) is 8.51. The maximum Gasteiger partial charge on any atom is 0.0471 e. The van der Waals surface area contributed by atoms with Gasteiger partial charge in [0.05, 0.1) is 0 Å². The summed E-state index contributed by atoms with van der Waals surface area (Å²) < 4.78 is 0. The molecule has 1 nitrogen and oxygen atoms in total.